The van der Waals surface area contributed by atoms with E-state index in [1.165, 1.54) is 13.2 Å². The number of hydrogen-bond donors (Lipinski definition) is 1. The first kappa shape index (κ1) is 16.1. The Bertz CT molecular complexity index is 653. The van der Waals surface area contributed by atoms with Gasteiger partial charge in [0.1, 0.15) is 17.2 Å². The molecule has 0 bridgehead atoms. The molecule has 0 spiro atoms. The van der Waals surface area contributed by atoms with Crippen LogP contribution in [0.5, 0.6) is 0 Å². The van der Waals surface area contributed by atoms with Crippen molar-refractivity contribution in [1.29, 1.82) is 0 Å². The van der Waals surface area contributed by atoms with Crippen LogP contribution < -0.4 is 5.32 Å². The maximum absolute atomic E-state index is 13.6. The highest BCUT2D eigenvalue weighted by Crippen LogP contribution is 2.20. The fraction of sp³-hybridized carbons (Fsp3) is 0.235. The molecule has 116 valence electrons. The maximum Gasteiger partial charge on any atom is 0.257 e. The van der Waals surface area contributed by atoms with Crippen molar-refractivity contribution >= 4 is 5.91 Å². The van der Waals surface area contributed by atoms with Gasteiger partial charge in [-0.3, -0.25) is 4.79 Å². The fourth-order valence-electron chi connectivity index (χ4n) is 2.26. The van der Waals surface area contributed by atoms with E-state index in [-0.39, 0.29) is 12.6 Å². The SMILES string of the molecule is COC(CNC(=O)c1c(F)cccc1F)c1ccccc1C. The number of rotatable bonds is 5. The smallest absolute Gasteiger partial charge is 0.257 e. The molecule has 2 aromatic rings. The number of halogens is 2. The molecule has 0 saturated carbocycles. The van der Waals surface area contributed by atoms with Crippen molar-refractivity contribution in [3.63, 3.8) is 0 Å². The third-order valence-electron chi connectivity index (χ3n) is 3.46. The molecule has 1 N–H and O–H groups in total. The van der Waals surface area contributed by atoms with Gasteiger partial charge in [0.25, 0.3) is 5.91 Å². The lowest BCUT2D eigenvalue weighted by Gasteiger charge is -2.18. The highest BCUT2D eigenvalue weighted by atomic mass is 19.1. The quantitative estimate of drug-likeness (QED) is 0.919. The van der Waals surface area contributed by atoms with Gasteiger partial charge in [-0.05, 0) is 30.2 Å². The second kappa shape index (κ2) is 7.13. The summed E-state index contributed by atoms with van der Waals surface area (Å²) in [4.78, 5) is 12.0. The highest BCUT2D eigenvalue weighted by molar-refractivity contribution is 5.94. The molecule has 0 radical (unpaired) electrons. The van der Waals surface area contributed by atoms with E-state index in [9.17, 15) is 13.6 Å². The minimum Gasteiger partial charge on any atom is -0.375 e. The molecule has 3 nitrogen and oxygen atoms in total. The van der Waals surface area contributed by atoms with Crippen LogP contribution in [0.3, 0.4) is 0 Å². The van der Waals surface area contributed by atoms with Crippen molar-refractivity contribution in [2.75, 3.05) is 13.7 Å². The van der Waals surface area contributed by atoms with Crippen LogP contribution in [0.1, 0.15) is 27.6 Å². The first-order valence-corrected chi connectivity index (χ1v) is 6.85. The molecule has 5 heteroatoms. The molecule has 22 heavy (non-hydrogen) atoms. The van der Waals surface area contributed by atoms with Crippen molar-refractivity contribution in [2.45, 2.75) is 13.0 Å². The number of carbonyl (C=O) groups excluding carboxylic acids is 1. The summed E-state index contributed by atoms with van der Waals surface area (Å²) in [6, 6.07) is 10.9. The average molecular weight is 305 g/mol. The summed E-state index contributed by atoms with van der Waals surface area (Å²) < 4.78 is 32.5. The van der Waals surface area contributed by atoms with Gasteiger partial charge < -0.3 is 10.1 Å². The number of ether oxygens (including phenoxy) is 1. The lowest BCUT2D eigenvalue weighted by molar-refractivity contribution is 0.0819. The van der Waals surface area contributed by atoms with Gasteiger partial charge in [-0.1, -0.05) is 30.3 Å². The number of benzene rings is 2. The zero-order valence-corrected chi connectivity index (χ0v) is 12.4. The highest BCUT2D eigenvalue weighted by Gasteiger charge is 2.19. The maximum atomic E-state index is 13.6. The molecule has 0 saturated heterocycles. The molecule has 1 atom stereocenters. The van der Waals surface area contributed by atoms with E-state index in [4.69, 9.17) is 4.74 Å². The van der Waals surface area contributed by atoms with Crippen molar-refractivity contribution in [1.82, 2.24) is 5.32 Å². The number of amides is 1. The van der Waals surface area contributed by atoms with E-state index < -0.39 is 23.1 Å². The summed E-state index contributed by atoms with van der Waals surface area (Å²) in [7, 11) is 1.52. The van der Waals surface area contributed by atoms with E-state index in [1.807, 2.05) is 31.2 Å². The van der Waals surface area contributed by atoms with Crippen molar-refractivity contribution in [3.05, 3.63) is 70.8 Å². The van der Waals surface area contributed by atoms with Gasteiger partial charge in [-0.25, -0.2) is 8.78 Å². The largest absolute Gasteiger partial charge is 0.375 e. The zero-order valence-electron chi connectivity index (χ0n) is 12.4. The minimum atomic E-state index is -0.887. The number of hydrogen-bond acceptors (Lipinski definition) is 2. The molecule has 0 aliphatic heterocycles. The van der Waals surface area contributed by atoms with Gasteiger partial charge in [-0.2, -0.15) is 0 Å². The Morgan fingerprint density at radius 1 is 1.14 bits per heavy atom. The average Bonchev–Trinajstić information content (AvgIpc) is 2.49. The molecular formula is C17H17F2NO2. The van der Waals surface area contributed by atoms with Crippen LogP contribution in [0.2, 0.25) is 0 Å². The third kappa shape index (κ3) is 3.49. The second-order valence-electron chi connectivity index (χ2n) is 4.89. The lowest BCUT2D eigenvalue weighted by atomic mass is 10.0. The molecule has 0 aromatic heterocycles. The molecule has 1 amide bonds. The third-order valence-corrected chi connectivity index (χ3v) is 3.46. The van der Waals surface area contributed by atoms with E-state index in [1.54, 1.807) is 0 Å². The minimum absolute atomic E-state index is 0.119. The number of nitrogens with one attached hydrogen (secondary N) is 1. The van der Waals surface area contributed by atoms with Crippen LogP contribution in [0.15, 0.2) is 42.5 Å². The number of methoxy groups -OCH3 is 1. The van der Waals surface area contributed by atoms with E-state index in [0.29, 0.717) is 0 Å². The first-order valence-electron chi connectivity index (χ1n) is 6.85. The normalized spacial score (nSPS) is 12.0. The first-order chi connectivity index (χ1) is 10.5. The standard InChI is InChI=1S/C17H17F2NO2/c1-11-6-3-4-7-12(11)15(22-2)10-20-17(21)16-13(18)8-5-9-14(16)19/h3-9,15H,10H2,1-2H3,(H,20,21). The summed E-state index contributed by atoms with van der Waals surface area (Å²) in [5.74, 6) is -2.57. The van der Waals surface area contributed by atoms with Gasteiger partial charge in [0.05, 0.1) is 6.10 Å². The Hall–Kier alpha value is -2.27. The van der Waals surface area contributed by atoms with Gasteiger partial charge >= 0.3 is 0 Å². The molecule has 0 aliphatic carbocycles. The van der Waals surface area contributed by atoms with Crippen LogP contribution in [0.25, 0.3) is 0 Å². The molecule has 0 aliphatic rings. The summed E-state index contributed by atoms with van der Waals surface area (Å²) in [5, 5.41) is 2.51. The fourth-order valence-corrected chi connectivity index (χ4v) is 2.26. The monoisotopic (exact) mass is 305 g/mol. The molecule has 0 fully saturated rings. The van der Waals surface area contributed by atoms with Gasteiger partial charge in [0.2, 0.25) is 0 Å². The Morgan fingerprint density at radius 2 is 1.77 bits per heavy atom. The predicted molar refractivity (Wildman–Crippen MR) is 79.6 cm³/mol. The van der Waals surface area contributed by atoms with Crippen LogP contribution >= 0.6 is 0 Å². The second-order valence-corrected chi connectivity index (χ2v) is 4.89. The Morgan fingerprint density at radius 3 is 2.36 bits per heavy atom. The van der Waals surface area contributed by atoms with E-state index in [0.717, 1.165) is 23.3 Å². The summed E-state index contributed by atoms with van der Waals surface area (Å²) in [5.41, 5.74) is 1.35. The van der Waals surface area contributed by atoms with Crippen LogP contribution in [0.4, 0.5) is 8.78 Å². The number of carbonyl (C=O) groups is 1. The Balaban J connectivity index is 2.11. The molecule has 0 heterocycles. The number of aryl methyl sites for hydroxylation is 1. The zero-order chi connectivity index (χ0) is 16.1. The van der Waals surface area contributed by atoms with E-state index in [2.05, 4.69) is 5.32 Å². The van der Waals surface area contributed by atoms with Crippen molar-refractivity contribution < 1.29 is 18.3 Å². The van der Waals surface area contributed by atoms with Gasteiger partial charge in [0, 0.05) is 13.7 Å². The molecule has 2 rings (SSSR count). The van der Waals surface area contributed by atoms with E-state index >= 15 is 0 Å². The summed E-state index contributed by atoms with van der Waals surface area (Å²) in [6.45, 7) is 2.05. The van der Waals surface area contributed by atoms with Crippen LogP contribution in [0, 0.1) is 18.6 Å². The Kier molecular flexibility index (Phi) is 5.22. The Labute approximate surface area is 127 Å². The van der Waals surface area contributed by atoms with Crippen molar-refractivity contribution in [3.8, 4) is 0 Å². The summed E-state index contributed by atoms with van der Waals surface area (Å²) in [6.07, 6.45) is -0.389. The summed E-state index contributed by atoms with van der Waals surface area (Å²) >= 11 is 0. The van der Waals surface area contributed by atoms with Crippen LogP contribution in [-0.2, 0) is 4.74 Å². The van der Waals surface area contributed by atoms with Crippen LogP contribution in [-0.4, -0.2) is 19.6 Å². The lowest BCUT2D eigenvalue weighted by Crippen LogP contribution is -2.30. The molecular weight excluding hydrogens is 288 g/mol. The topological polar surface area (TPSA) is 38.3 Å². The predicted octanol–water partition coefficient (Wildman–Crippen LogP) is 3.39. The molecule has 2 aromatic carbocycles. The van der Waals surface area contributed by atoms with Gasteiger partial charge in [0.15, 0.2) is 0 Å². The van der Waals surface area contributed by atoms with Crippen molar-refractivity contribution in [2.24, 2.45) is 0 Å². The van der Waals surface area contributed by atoms with Gasteiger partial charge in [-0.15, -0.1) is 0 Å². The molecule has 1 unspecified atom stereocenters.